The standard InChI is InChI=1S/C15H21N3O2/c1-20-12-15(19)6-8-16-11-13-4-2-5-14(10-13)18-9-3-7-17-18/h2-5,7,9-10,15-16,19H,6,8,11-12H2,1H3. The van der Waals surface area contributed by atoms with Gasteiger partial charge in [0.2, 0.25) is 0 Å². The van der Waals surface area contributed by atoms with E-state index in [1.807, 2.05) is 29.1 Å². The Balaban J connectivity index is 1.80. The van der Waals surface area contributed by atoms with Crippen molar-refractivity contribution in [3.05, 3.63) is 48.3 Å². The third-order valence-electron chi connectivity index (χ3n) is 3.02. The zero-order valence-corrected chi connectivity index (χ0v) is 11.7. The molecule has 0 saturated carbocycles. The van der Waals surface area contributed by atoms with Gasteiger partial charge in [0.05, 0.1) is 18.4 Å². The second-order valence-electron chi connectivity index (χ2n) is 4.70. The Hall–Kier alpha value is -1.69. The third kappa shape index (κ3) is 4.45. The van der Waals surface area contributed by atoms with Crippen LogP contribution in [0.25, 0.3) is 5.69 Å². The monoisotopic (exact) mass is 275 g/mol. The van der Waals surface area contributed by atoms with E-state index in [-0.39, 0.29) is 0 Å². The van der Waals surface area contributed by atoms with Gasteiger partial charge in [0.15, 0.2) is 0 Å². The maximum absolute atomic E-state index is 9.54. The molecule has 0 bridgehead atoms. The van der Waals surface area contributed by atoms with Crippen LogP contribution in [0.5, 0.6) is 0 Å². The minimum Gasteiger partial charge on any atom is -0.391 e. The number of aromatic nitrogens is 2. The first-order valence-electron chi connectivity index (χ1n) is 6.76. The summed E-state index contributed by atoms with van der Waals surface area (Å²) < 4.78 is 6.73. The summed E-state index contributed by atoms with van der Waals surface area (Å²) in [6.45, 7) is 1.92. The van der Waals surface area contributed by atoms with Crippen molar-refractivity contribution in [1.29, 1.82) is 0 Å². The Bertz CT molecular complexity index is 500. The summed E-state index contributed by atoms with van der Waals surface area (Å²) in [5.41, 5.74) is 2.24. The molecule has 1 unspecified atom stereocenters. The van der Waals surface area contributed by atoms with Crippen LogP contribution in [0.1, 0.15) is 12.0 Å². The van der Waals surface area contributed by atoms with E-state index in [0.29, 0.717) is 13.0 Å². The van der Waals surface area contributed by atoms with E-state index in [2.05, 4.69) is 22.5 Å². The molecule has 0 spiro atoms. The van der Waals surface area contributed by atoms with Crippen molar-refractivity contribution in [2.45, 2.75) is 19.1 Å². The van der Waals surface area contributed by atoms with E-state index >= 15 is 0 Å². The van der Waals surface area contributed by atoms with Crippen LogP contribution in [-0.2, 0) is 11.3 Å². The third-order valence-corrected chi connectivity index (χ3v) is 3.02. The summed E-state index contributed by atoms with van der Waals surface area (Å²) in [4.78, 5) is 0. The maximum atomic E-state index is 9.54. The minimum atomic E-state index is -0.400. The molecule has 0 aliphatic carbocycles. The average Bonchev–Trinajstić information content (AvgIpc) is 2.98. The van der Waals surface area contributed by atoms with E-state index in [1.165, 1.54) is 5.56 Å². The van der Waals surface area contributed by atoms with Gasteiger partial charge in [0.25, 0.3) is 0 Å². The van der Waals surface area contributed by atoms with E-state index in [1.54, 1.807) is 13.3 Å². The highest BCUT2D eigenvalue weighted by atomic mass is 16.5. The zero-order valence-electron chi connectivity index (χ0n) is 11.7. The average molecular weight is 275 g/mol. The molecule has 5 heteroatoms. The molecule has 108 valence electrons. The summed E-state index contributed by atoms with van der Waals surface area (Å²) in [7, 11) is 1.59. The van der Waals surface area contributed by atoms with E-state index in [4.69, 9.17) is 4.74 Å². The number of rotatable bonds is 8. The predicted octanol–water partition coefficient (Wildman–Crippen LogP) is 1.36. The van der Waals surface area contributed by atoms with Crippen LogP contribution in [-0.4, -0.2) is 41.3 Å². The van der Waals surface area contributed by atoms with Crippen LogP contribution in [0.4, 0.5) is 0 Å². The smallest absolute Gasteiger partial charge is 0.0785 e. The lowest BCUT2D eigenvalue weighted by Crippen LogP contribution is -2.23. The van der Waals surface area contributed by atoms with Crippen molar-refractivity contribution in [3.8, 4) is 5.69 Å². The van der Waals surface area contributed by atoms with Gasteiger partial charge in [0, 0.05) is 26.0 Å². The van der Waals surface area contributed by atoms with Crippen LogP contribution in [0.3, 0.4) is 0 Å². The van der Waals surface area contributed by atoms with Gasteiger partial charge in [-0.2, -0.15) is 5.10 Å². The number of nitrogens with zero attached hydrogens (tertiary/aromatic N) is 2. The van der Waals surface area contributed by atoms with Gasteiger partial charge in [-0.1, -0.05) is 12.1 Å². The number of ether oxygens (including phenoxy) is 1. The van der Waals surface area contributed by atoms with Gasteiger partial charge in [-0.25, -0.2) is 4.68 Å². The van der Waals surface area contributed by atoms with Crippen molar-refractivity contribution in [3.63, 3.8) is 0 Å². The first-order chi connectivity index (χ1) is 9.79. The van der Waals surface area contributed by atoms with Gasteiger partial charge in [0.1, 0.15) is 0 Å². The summed E-state index contributed by atoms with van der Waals surface area (Å²) in [5, 5.41) is 17.1. The van der Waals surface area contributed by atoms with Crippen LogP contribution >= 0.6 is 0 Å². The molecule has 0 amide bonds. The summed E-state index contributed by atoms with van der Waals surface area (Å²) in [6, 6.07) is 10.1. The van der Waals surface area contributed by atoms with Crippen LogP contribution in [0.15, 0.2) is 42.7 Å². The number of methoxy groups -OCH3 is 1. The molecule has 0 fully saturated rings. The topological polar surface area (TPSA) is 59.3 Å². The molecule has 2 N–H and O–H groups in total. The Morgan fingerprint density at radius 1 is 1.40 bits per heavy atom. The van der Waals surface area contributed by atoms with Crippen molar-refractivity contribution in [2.24, 2.45) is 0 Å². The number of benzene rings is 1. The van der Waals surface area contributed by atoms with Gasteiger partial charge < -0.3 is 15.2 Å². The van der Waals surface area contributed by atoms with Gasteiger partial charge in [-0.3, -0.25) is 0 Å². The summed E-state index contributed by atoms with van der Waals surface area (Å²) >= 11 is 0. The number of aliphatic hydroxyl groups excluding tert-OH is 1. The Morgan fingerprint density at radius 2 is 2.30 bits per heavy atom. The number of hydrogen-bond acceptors (Lipinski definition) is 4. The fourth-order valence-corrected chi connectivity index (χ4v) is 2.01. The molecular weight excluding hydrogens is 254 g/mol. The molecular formula is C15H21N3O2. The first kappa shape index (κ1) is 14.7. The highest BCUT2D eigenvalue weighted by Crippen LogP contribution is 2.09. The van der Waals surface area contributed by atoms with Crippen LogP contribution in [0, 0.1) is 0 Å². The molecule has 0 aliphatic heterocycles. The molecule has 0 aliphatic rings. The number of aliphatic hydroxyl groups is 1. The molecule has 1 atom stereocenters. The summed E-state index contributed by atoms with van der Waals surface area (Å²) in [6.07, 6.45) is 3.98. The van der Waals surface area contributed by atoms with Crippen molar-refractivity contribution >= 4 is 0 Å². The van der Waals surface area contributed by atoms with E-state index in [0.717, 1.165) is 18.8 Å². The molecule has 1 aromatic heterocycles. The van der Waals surface area contributed by atoms with E-state index < -0.39 is 6.10 Å². The minimum absolute atomic E-state index is 0.385. The Kier molecular flexibility index (Phi) is 5.73. The van der Waals surface area contributed by atoms with Crippen molar-refractivity contribution < 1.29 is 9.84 Å². The predicted molar refractivity (Wildman–Crippen MR) is 77.8 cm³/mol. The molecule has 20 heavy (non-hydrogen) atoms. The molecule has 2 rings (SSSR count). The van der Waals surface area contributed by atoms with Crippen molar-refractivity contribution in [2.75, 3.05) is 20.3 Å². The van der Waals surface area contributed by atoms with E-state index in [9.17, 15) is 5.11 Å². The fourth-order valence-electron chi connectivity index (χ4n) is 2.01. The largest absolute Gasteiger partial charge is 0.391 e. The Labute approximate surface area is 119 Å². The molecule has 5 nitrogen and oxygen atoms in total. The SMILES string of the molecule is COCC(O)CCNCc1cccc(-n2cccn2)c1. The molecule has 1 aromatic carbocycles. The summed E-state index contributed by atoms with van der Waals surface area (Å²) in [5.74, 6) is 0. The fraction of sp³-hybridized carbons (Fsp3) is 0.400. The maximum Gasteiger partial charge on any atom is 0.0785 e. The van der Waals surface area contributed by atoms with Gasteiger partial charge >= 0.3 is 0 Å². The Morgan fingerprint density at radius 3 is 3.05 bits per heavy atom. The highest BCUT2D eigenvalue weighted by molar-refractivity contribution is 5.34. The van der Waals surface area contributed by atoms with Gasteiger partial charge in [-0.15, -0.1) is 0 Å². The zero-order chi connectivity index (χ0) is 14.2. The first-order valence-corrected chi connectivity index (χ1v) is 6.76. The highest BCUT2D eigenvalue weighted by Gasteiger charge is 2.03. The lowest BCUT2D eigenvalue weighted by atomic mass is 10.2. The molecule has 1 heterocycles. The second-order valence-corrected chi connectivity index (χ2v) is 4.70. The second kappa shape index (κ2) is 7.79. The van der Waals surface area contributed by atoms with Gasteiger partial charge in [-0.05, 0) is 36.7 Å². The van der Waals surface area contributed by atoms with Crippen LogP contribution < -0.4 is 5.32 Å². The molecule has 0 radical (unpaired) electrons. The molecule has 2 aromatic rings. The number of hydrogen-bond donors (Lipinski definition) is 2. The van der Waals surface area contributed by atoms with Crippen molar-refractivity contribution in [1.82, 2.24) is 15.1 Å². The molecule has 0 saturated heterocycles. The lowest BCUT2D eigenvalue weighted by molar-refractivity contribution is 0.0594. The lowest BCUT2D eigenvalue weighted by Gasteiger charge is -2.10. The number of nitrogens with one attached hydrogen (secondary N) is 1. The quantitative estimate of drug-likeness (QED) is 0.714. The van der Waals surface area contributed by atoms with Crippen LogP contribution in [0.2, 0.25) is 0 Å². The normalized spacial score (nSPS) is 12.5.